The summed E-state index contributed by atoms with van der Waals surface area (Å²) in [6, 6.07) is 17.5. The number of benzene rings is 2. The van der Waals surface area contributed by atoms with Crippen LogP contribution < -0.4 is 9.64 Å². The second-order valence-electron chi connectivity index (χ2n) is 6.04. The van der Waals surface area contributed by atoms with Crippen molar-refractivity contribution < 1.29 is 14.2 Å². The Morgan fingerprint density at radius 1 is 1.08 bits per heavy atom. The molecule has 0 radical (unpaired) electrons. The predicted molar refractivity (Wildman–Crippen MR) is 98.7 cm³/mol. The highest BCUT2D eigenvalue weighted by molar-refractivity contribution is 5.83. The molecule has 0 aliphatic carbocycles. The third-order valence-electron chi connectivity index (χ3n) is 3.97. The third-order valence-corrected chi connectivity index (χ3v) is 3.97. The highest BCUT2D eigenvalue weighted by Crippen LogP contribution is 2.26. The minimum Gasteiger partial charge on any atom is -0.465 e. The molecule has 5 heteroatoms. The van der Waals surface area contributed by atoms with Crippen LogP contribution in [0, 0.1) is 0 Å². The first-order valence-electron chi connectivity index (χ1n) is 8.16. The van der Waals surface area contributed by atoms with Crippen LogP contribution in [0.3, 0.4) is 0 Å². The summed E-state index contributed by atoms with van der Waals surface area (Å²) in [5, 5.41) is 10.4. The molecule has 3 aromatic rings. The number of aromatic nitrogens is 1. The molecular formula is C20H21FN2O2. The molecule has 0 saturated carbocycles. The van der Waals surface area contributed by atoms with Gasteiger partial charge in [-0.2, -0.15) is 0 Å². The van der Waals surface area contributed by atoms with Crippen molar-refractivity contribution in [1.82, 2.24) is 4.98 Å². The van der Waals surface area contributed by atoms with Gasteiger partial charge < -0.3 is 14.7 Å². The third kappa shape index (κ3) is 4.06. The van der Waals surface area contributed by atoms with Crippen molar-refractivity contribution in [3.8, 4) is 17.0 Å². The molecule has 1 N–H and O–H groups in total. The highest BCUT2D eigenvalue weighted by Gasteiger charge is 2.07. The smallest absolute Gasteiger partial charge is 0.199 e. The number of anilines is 1. The Bertz CT molecular complexity index is 850. The van der Waals surface area contributed by atoms with Crippen molar-refractivity contribution in [3.63, 3.8) is 0 Å². The largest absolute Gasteiger partial charge is 0.465 e. The maximum atomic E-state index is 12.2. The molecule has 1 atom stereocenters. The molecular weight excluding hydrogens is 319 g/mol. The van der Waals surface area contributed by atoms with Crippen LogP contribution in [0.15, 0.2) is 54.6 Å². The lowest BCUT2D eigenvalue weighted by atomic mass is 10.1. The first-order chi connectivity index (χ1) is 12.1. The molecule has 0 spiro atoms. The van der Waals surface area contributed by atoms with E-state index in [0.29, 0.717) is 5.75 Å². The molecule has 0 saturated heterocycles. The van der Waals surface area contributed by atoms with Crippen molar-refractivity contribution in [3.05, 3.63) is 54.6 Å². The van der Waals surface area contributed by atoms with Gasteiger partial charge in [-0.1, -0.05) is 18.2 Å². The lowest BCUT2D eigenvalue weighted by molar-refractivity contribution is -0.0266. The zero-order valence-corrected chi connectivity index (χ0v) is 14.3. The molecule has 0 amide bonds. The number of hydrogen-bond donors (Lipinski definition) is 1. The number of ether oxygens (including phenoxy) is 1. The van der Waals surface area contributed by atoms with Gasteiger partial charge in [0.25, 0.3) is 0 Å². The van der Waals surface area contributed by atoms with Gasteiger partial charge in [-0.05, 0) is 36.4 Å². The van der Waals surface area contributed by atoms with E-state index in [4.69, 9.17) is 4.74 Å². The Labute approximate surface area is 146 Å². The van der Waals surface area contributed by atoms with Crippen LogP contribution in [0.4, 0.5) is 10.1 Å². The Kier molecular flexibility index (Phi) is 5.14. The number of pyridine rings is 1. The summed E-state index contributed by atoms with van der Waals surface area (Å²) in [4.78, 5) is 6.74. The van der Waals surface area contributed by atoms with E-state index < -0.39 is 13.0 Å². The summed E-state index contributed by atoms with van der Waals surface area (Å²) in [5.74, 6) is 0.498. The van der Waals surface area contributed by atoms with Crippen LogP contribution in [0.25, 0.3) is 22.2 Å². The monoisotopic (exact) mass is 340 g/mol. The van der Waals surface area contributed by atoms with Crippen molar-refractivity contribution in [2.45, 2.75) is 12.7 Å². The molecule has 0 aliphatic heterocycles. The van der Waals surface area contributed by atoms with Gasteiger partial charge in [0, 0.05) is 37.2 Å². The average molecular weight is 340 g/mol. The fourth-order valence-corrected chi connectivity index (χ4v) is 2.58. The minimum atomic E-state index is -1.13. The Morgan fingerprint density at radius 3 is 2.52 bits per heavy atom. The van der Waals surface area contributed by atoms with E-state index in [-0.39, 0.29) is 6.42 Å². The number of hydrogen-bond acceptors (Lipinski definition) is 4. The number of fused-ring (bicyclic) bond motifs is 1. The molecule has 1 aromatic heterocycles. The average Bonchev–Trinajstić information content (AvgIpc) is 2.61. The Hall–Kier alpha value is -2.66. The van der Waals surface area contributed by atoms with Gasteiger partial charge >= 0.3 is 0 Å². The predicted octanol–water partition coefficient (Wildman–Crippen LogP) is 4.02. The SMILES string of the molecule is CN(C)c1ccc(-c2ccc3cc(OC(O)CCF)ccc3n2)cc1. The van der Waals surface area contributed by atoms with Crippen molar-refractivity contribution >= 4 is 16.6 Å². The topological polar surface area (TPSA) is 45.6 Å². The number of halogens is 1. The molecule has 3 rings (SSSR count). The van der Waals surface area contributed by atoms with Crippen LogP contribution in [0.1, 0.15) is 6.42 Å². The Balaban J connectivity index is 1.85. The summed E-state index contributed by atoms with van der Waals surface area (Å²) in [6.45, 7) is -0.619. The molecule has 1 heterocycles. The van der Waals surface area contributed by atoms with Crippen LogP contribution >= 0.6 is 0 Å². The summed E-state index contributed by atoms with van der Waals surface area (Å²) in [7, 11) is 4.01. The summed E-state index contributed by atoms with van der Waals surface area (Å²) in [5.41, 5.74) is 3.91. The number of rotatable bonds is 6. The highest BCUT2D eigenvalue weighted by atomic mass is 19.1. The van der Waals surface area contributed by atoms with Gasteiger partial charge in [0.15, 0.2) is 6.29 Å². The number of aliphatic hydroxyl groups excluding tert-OH is 1. The van der Waals surface area contributed by atoms with Gasteiger partial charge in [-0.3, -0.25) is 4.39 Å². The standard InChI is InChI=1S/C20H21FN2O2/c1-23(2)16-6-3-14(4-7-16)18-9-5-15-13-17(8-10-19(15)22-18)25-20(24)11-12-21/h3-10,13,20,24H,11-12H2,1-2H3. The molecule has 4 nitrogen and oxygen atoms in total. The van der Waals surface area contributed by atoms with Gasteiger partial charge in [0.05, 0.1) is 17.9 Å². The van der Waals surface area contributed by atoms with Crippen LogP contribution in [-0.2, 0) is 0 Å². The quantitative estimate of drug-likeness (QED) is 0.688. The number of nitrogens with zero attached hydrogens (tertiary/aromatic N) is 2. The van der Waals surface area contributed by atoms with E-state index >= 15 is 0 Å². The van der Waals surface area contributed by atoms with E-state index in [1.807, 2.05) is 44.4 Å². The van der Waals surface area contributed by atoms with Gasteiger partial charge in [0.1, 0.15) is 5.75 Å². The fraction of sp³-hybridized carbons (Fsp3) is 0.250. The molecule has 0 bridgehead atoms. The Morgan fingerprint density at radius 2 is 1.84 bits per heavy atom. The maximum absolute atomic E-state index is 12.2. The minimum absolute atomic E-state index is 0.0435. The van der Waals surface area contributed by atoms with E-state index in [2.05, 4.69) is 22.0 Å². The maximum Gasteiger partial charge on any atom is 0.199 e. The van der Waals surface area contributed by atoms with Crippen molar-refractivity contribution in [2.75, 3.05) is 25.7 Å². The molecule has 2 aromatic carbocycles. The van der Waals surface area contributed by atoms with E-state index in [0.717, 1.165) is 27.8 Å². The lowest BCUT2D eigenvalue weighted by Gasteiger charge is -2.13. The second kappa shape index (κ2) is 7.49. The zero-order chi connectivity index (χ0) is 17.8. The molecule has 0 fully saturated rings. The van der Waals surface area contributed by atoms with Crippen LogP contribution in [-0.4, -0.2) is 37.2 Å². The first-order valence-corrected chi connectivity index (χ1v) is 8.16. The van der Waals surface area contributed by atoms with Crippen molar-refractivity contribution in [1.29, 1.82) is 0 Å². The molecule has 130 valence electrons. The van der Waals surface area contributed by atoms with Gasteiger partial charge in [-0.15, -0.1) is 0 Å². The lowest BCUT2D eigenvalue weighted by Crippen LogP contribution is -2.15. The summed E-state index contributed by atoms with van der Waals surface area (Å²) in [6.07, 6.45) is -1.18. The van der Waals surface area contributed by atoms with E-state index in [1.165, 1.54) is 0 Å². The van der Waals surface area contributed by atoms with Gasteiger partial charge in [0.2, 0.25) is 0 Å². The normalized spacial score (nSPS) is 12.2. The summed E-state index contributed by atoms with van der Waals surface area (Å²) >= 11 is 0. The molecule has 1 unspecified atom stereocenters. The van der Waals surface area contributed by atoms with Crippen molar-refractivity contribution in [2.24, 2.45) is 0 Å². The van der Waals surface area contributed by atoms with E-state index in [9.17, 15) is 9.50 Å². The van der Waals surface area contributed by atoms with Crippen LogP contribution in [0.5, 0.6) is 5.75 Å². The molecule has 0 aliphatic rings. The van der Waals surface area contributed by atoms with Crippen LogP contribution in [0.2, 0.25) is 0 Å². The zero-order valence-electron chi connectivity index (χ0n) is 14.3. The number of aliphatic hydroxyl groups is 1. The second-order valence-corrected chi connectivity index (χ2v) is 6.04. The summed E-state index contributed by atoms with van der Waals surface area (Å²) < 4.78 is 17.5. The first kappa shape index (κ1) is 17.2. The molecule has 25 heavy (non-hydrogen) atoms. The fourth-order valence-electron chi connectivity index (χ4n) is 2.58. The van der Waals surface area contributed by atoms with E-state index in [1.54, 1.807) is 12.1 Å². The number of alkyl halides is 1. The van der Waals surface area contributed by atoms with Gasteiger partial charge in [-0.25, -0.2) is 4.98 Å².